The van der Waals surface area contributed by atoms with Crippen LogP contribution in [0, 0.1) is 18.6 Å². The number of nitrogens with one attached hydrogen (secondary N) is 2. The third-order valence-corrected chi connectivity index (χ3v) is 4.37. The summed E-state index contributed by atoms with van der Waals surface area (Å²) in [6.45, 7) is 2.01. The van der Waals surface area contributed by atoms with Crippen LogP contribution in [-0.2, 0) is 6.54 Å². The molecule has 0 unspecified atom stereocenters. The van der Waals surface area contributed by atoms with Gasteiger partial charge < -0.3 is 14.8 Å². The first-order valence-electron chi connectivity index (χ1n) is 8.29. The Bertz CT molecular complexity index is 1130. The van der Waals surface area contributed by atoms with E-state index in [0.717, 1.165) is 23.3 Å². The fraction of sp³-hybridized carbons (Fsp3) is 0.100. The maximum Gasteiger partial charge on any atom is 0.268 e. The maximum absolute atomic E-state index is 13.8. The minimum Gasteiger partial charge on any atom is -0.356 e. The first-order chi connectivity index (χ1) is 13.0. The summed E-state index contributed by atoms with van der Waals surface area (Å²) >= 11 is 0. The quantitative estimate of drug-likeness (QED) is 0.564. The van der Waals surface area contributed by atoms with E-state index in [1.807, 2.05) is 37.3 Å². The van der Waals surface area contributed by atoms with Crippen LogP contribution in [0.1, 0.15) is 21.7 Å². The van der Waals surface area contributed by atoms with Gasteiger partial charge in [-0.2, -0.15) is 0 Å². The van der Waals surface area contributed by atoms with Crippen LogP contribution < -0.4 is 5.32 Å². The lowest BCUT2D eigenvalue weighted by atomic mass is 10.1. The van der Waals surface area contributed by atoms with Crippen LogP contribution in [0.3, 0.4) is 0 Å². The number of amides is 1. The van der Waals surface area contributed by atoms with Crippen molar-refractivity contribution >= 4 is 16.8 Å². The maximum atomic E-state index is 13.8. The molecule has 136 valence electrons. The fourth-order valence-electron chi connectivity index (χ4n) is 2.93. The first-order valence-corrected chi connectivity index (χ1v) is 8.29. The lowest BCUT2D eigenvalue weighted by Gasteiger charge is -2.02. The third-order valence-electron chi connectivity index (χ3n) is 4.37. The summed E-state index contributed by atoms with van der Waals surface area (Å²) in [7, 11) is 0. The number of nitrogens with zero attached hydrogens (tertiary/aromatic N) is 1. The number of fused-ring (bicyclic) bond motifs is 1. The van der Waals surface area contributed by atoms with Crippen LogP contribution >= 0.6 is 0 Å². The van der Waals surface area contributed by atoms with Crippen molar-refractivity contribution in [3.05, 3.63) is 77.1 Å². The van der Waals surface area contributed by atoms with E-state index >= 15 is 0 Å². The van der Waals surface area contributed by atoms with Gasteiger partial charge in [0.05, 0.1) is 12.1 Å². The molecule has 0 saturated heterocycles. The molecule has 2 N–H and O–H groups in total. The van der Waals surface area contributed by atoms with Gasteiger partial charge in [-0.25, -0.2) is 8.78 Å². The lowest BCUT2D eigenvalue weighted by molar-refractivity contribution is 0.0946. The molecule has 1 amide bonds. The van der Waals surface area contributed by atoms with Gasteiger partial charge in [0.15, 0.2) is 5.76 Å². The lowest BCUT2D eigenvalue weighted by Crippen LogP contribution is -2.23. The van der Waals surface area contributed by atoms with Crippen LogP contribution in [0.2, 0.25) is 0 Å². The predicted molar refractivity (Wildman–Crippen MR) is 96.1 cm³/mol. The molecule has 7 heteroatoms. The van der Waals surface area contributed by atoms with Crippen LogP contribution in [-0.4, -0.2) is 16.0 Å². The monoisotopic (exact) mass is 367 g/mol. The molecule has 0 spiro atoms. The van der Waals surface area contributed by atoms with E-state index in [4.69, 9.17) is 4.52 Å². The van der Waals surface area contributed by atoms with Gasteiger partial charge >= 0.3 is 0 Å². The summed E-state index contributed by atoms with van der Waals surface area (Å²) in [5, 5.41) is 6.88. The molecule has 5 nitrogen and oxygen atoms in total. The Balaban J connectivity index is 1.52. The molecule has 0 bridgehead atoms. The number of aromatic amines is 1. The number of aromatic nitrogens is 2. The summed E-state index contributed by atoms with van der Waals surface area (Å²) in [6.07, 6.45) is 0. The zero-order valence-corrected chi connectivity index (χ0v) is 14.3. The van der Waals surface area contributed by atoms with E-state index in [-0.39, 0.29) is 23.1 Å². The zero-order valence-electron chi connectivity index (χ0n) is 14.3. The van der Waals surface area contributed by atoms with Crippen molar-refractivity contribution in [3.63, 3.8) is 0 Å². The van der Waals surface area contributed by atoms with Crippen molar-refractivity contribution in [3.8, 4) is 11.3 Å². The molecule has 0 fully saturated rings. The number of carbonyl (C=O) groups is 1. The minimum absolute atomic E-state index is 0.138. The average molecular weight is 367 g/mol. The van der Waals surface area contributed by atoms with Crippen molar-refractivity contribution in [2.45, 2.75) is 13.5 Å². The SMILES string of the molecule is Cc1c(CNC(=O)c2cc3c(F)cc(F)cc3[nH]2)noc1-c1ccccc1. The van der Waals surface area contributed by atoms with Gasteiger partial charge in [-0.3, -0.25) is 4.79 Å². The highest BCUT2D eigenvalue weighted by Gasteiger charge is 2.16. The first kappa shape index (κ1) is 17.0. The Hall–Kier alpha value is -3.48. The van der Waals surface area contributed by atoms with Gasteiger partial charge in [0.25, 0.3) is 5.91 Å². The van der Waals surface area contributed by atoms with Crippen molar-refractivity contribution < 1.29 is 18.1 Å². The second kappa shape index (κ2) is 6.68. The summed E-state index contributed by atoms with van der Waals surface area (Å²) in [4.78, 5) is 15.1. The van der Waals surface area contributed by atoms with Gasteiger partial charge in [0, 0.05) is 22.6 Å². The van der Waals surface area contributed by atoms with Crippen LogP contribution in [0.5, 0.6) is 0 Å². The van der Waals surface area contributed by atoms with E-state index in [1.54, 1.807) is 0 Å². The van der Waals surface area contributed by atoms with Crippen molar-refractivity contribution in [2.75, 3.05) is 0 Å². The highest BCUT2D eigenvalue weighted by Crippen LogP contribution is 2.25. The van der Waals surface area contributed by atoms with E-state index < -0.39 is 17.5 Å². The number of H-pyrrole nitrogens is 1. The molecule has 0 aliphatic carbocycles. The van der Waals surface area contributed by atoms with E-state index in [9.17, 15) is 13.6 Å². The Morgan fingerprint density at radius 2 is 1.96 bits per heavy atom. The second-order valence-corrected chi connectivity index (χ2v) is 6.16. The topological polar surface area (TPSA) is 70.9 Å². The standard InChI is InChI=1S/C20H15F2N3O2/c1-11-18(25-27-19(11)12-5-3-2-4-6-12)10-23-20(26)17-9-14-15(22)7-13(21)8-16(14)24-17/h2-9,24H,10H2,1H3,(H,23,26). The summed E-state index contributed by atoms with van der Waals surface area (Å²) in [5.41, 5.74) is 2.68. The van der Waals surface area contributed by atoms with Gasteiger partial charge in [0.1, 0.15) is 23.0 Å². The number of halogens is 2. The Morgan fingerprint density at radius 1 is 1.19 bits per heavy atom. The van der Waals surface area contributed by atoms with E-state index in [2.05, 4.69) is 15.5 Å². The highest BCUT2D eigenvalue weighted by molar-refractivity contribution is 5.98. The molecule has 27 heavy (non-hydrogen) atoms. The molecule has 0 atom stereocenters. The predicted octanol–water partition coefficient (Wildman–Crippen LogP) is 4.34. The molecular weight excluding hydrogens is 352 g/mol. The fourth-order valence-corrected chi connectivity index (χ4v) is 2.93. The van der Waals surface area contributed by atoms with Crippen LogP contribution in [0.25, 0.3) is 22.2 Å². The molecular formula is C20H15F2N3O2. The Morgan fingerprint density at radius 3 is 2.74 bits per heavy atom. The Kier molecular flexibility index (Phi) is 4.19. The molecule has 0 aliphatic heterocycles. The number of carbonyl (C=O) groups excluding carboxylic acids is 1. The molecule has 2 heterocycles. The highest BCUT2D eigenvalue weighted by atomic mass is 19.1. The van der Waals surface area contributed by atoms with Gasteiger partial charge in [-0.05, 0) is 19.1 Å². The minimum atomic E-state index is -0.722. The molecule has 4 rings (SSSR count). The normalized spacial score (nSPS) is 11.1. The molecule has 0 radical (unpaired) electrons. The summed E-state index contributed by atoms with van der Waals surface area (Å²) in [6, 6.07) is 12.8. The molecule has 0 saturated carbocycles. The number of hydrogen-bond acceptors (Lipinski definition) is 3. The molecule has 2 aromatic carbocycles. The van der Waals surface area contributed by atoms with E-state index in [1.165, 1.54) is 6.07 Å². The molecule has 2 aromatic heterocycles. The van der Waals surface area contributed by atoms with Gasteiger partial charge in [0.2, 0.25) is 0 Å². The van der Waals surface area contributed by atoms with Gasteiger partial charge in [-0.15, -0.1) is 0 Å². The van der Waals surface area contributed by atoms with Crippen LogP contribution in [0.15, 0.2) is 53.1 Å². The average Bonchev–Trinajstić information content (AvgIpc) is 3.24. The van der Waals surface area contributed by atoms with Crippen molar-refractivity contribution in [2.24, 2.45) is 0 Å². The van der Waals surface area contributed by atoms with Crippen molar-refractivity contribution in [1.82, 2.24) is 15.5 Å². The Labute approximate surface area is 153 Å². The number of hydrogen-bond donors (Lipinski definition) is 2. The third kappa shape index (κ3) is 3.19. The van der Waals surface area contributed by atoms with E-state index in [0.29, 0.717) is 11.5 Å². The smallest absolute Gasteiger partial charge is 0.268 e. The zero-order chi connectivity index (χ0) is 19.0. The van der Waals surface area contributed by atoms with Crippen LogP contribution in [0.4, 0.5) is 8.78 Å². The second-order valence-electron chi connectivity index (χ2n) is 6.16. The number of rotatable bonds is 4. The summed E-state index contributed by atoms with van der Waals surface area (Å²) < 4.78 is 32.5. The van der Waals surface area contributed by atoms with Crippen molar-refractivity contribution in [1.29, 1.82) is 0 Å². The van der Waals surface area contributed by atoms with Gasteiger partial charge in [-0.1, -0.05) is 35.5 Å². The molecule has 4 aromatic rings. The number of benzene rings is 2. The largest absolute Gasteiger partial charge is 0.356 e. The summed E-state index contributed by atoms with van der Waals surface area (Å²) in [5.74, 6) is -1.24. The molecule has 0 aliphatic rings.